The zero-order valence-electron chi connectivity index (χ0n) is 12.7. The van der Waals surface area contributed by atoms with E-state index in [1.165, 1.54) is 4.90 Å². The topological polar surface area (TPSA) is 84.7 Å². The van der Waals surface area contributed by atoms with Crippen LogP contribution in [-0.4, -0.2) is 55.6 Å². The van der Waals surface area contributed by atoms with Gasteiger partial charge in [-0.3, -0.25) is 9.59 Å². The molecule has 0 spiro atoms. The number of amides is 2. The van der Waals surface area contributed by atoms with E-state index in [4.69, 9.17) is 10.5 Å². The standard InChI is InChI=1S/C13H27N3O3/c1-13(2,3)15-11(17)9-16(4)12(18)10(14)7-6-8-19-5/h10H,6-9,14H2,1-5H3,(H,15,17). The fourth-order valence-corrected chi connectivity index (χ4v) is 1.61. The lowest BCUT2D eigenvalue weighted by Crippen LogP contribution is -2.49. The summed E-state index contributed by atoms with van der Waals surface area (Å²) in [4.78, 5) is 25.0. The van der Waals surface area contributed by atoms with Gasteiger partial charge < -0.3 is 20.7 Å². The summed E-state index contributed by atoms with van der Waals surface area (Å²) in [6.07, 6.45) is 1.28. The average molecular weight is 273 g/mol. The van der Waals surface area contributed by atoms with Gasteiger partial charge in [0.1, 0.15) is 0 Å². The second-order valence-electron chi connectivity index (χ2n) is 5.73. The number of nitrogens with two attached hydrogens (primary N) is 1. The SMILES string of the molecule is COCCCC(N)C(=O)N(C)CC(=O)NC(C)(C)C. The maximum atomic E-state index is 11.9. The van der Waals surface area contributed by atoms with Crippen LogP contribution in [0.25, 0.3) is 0 Å². The Hall–Kier alpha value is -1.14. The van der Waals surface area contributed by atoms with E-state index in [-0.39, 0.29) is 23.9 Å². The first-order valence-corrected chi connectivity index (χ1v) is 6.48. The largest absolute Gasteiger partial charge is 0.385 e. The van der Waals surface area contributed by atoms with E-state index in [9.17, 15) is 9.59 Å². The first-order valence-electron chi connectivity index (χ1n) is 6.48. The second-order valence-corrected chi connectivity index (χ2v) is 5.73. The van der Waals surface area contributed by atoms with Crippen LogP contribution in [0.4, 0.5) is 0 Å². The number of carbonyl (C=O) groups is 2. The van der Waals surface area contributed by atoms with Crippen molar-refractivity contribution in [3.63, 3.8) is 0 Å². The van der Waals surface area contributed by atoms with Gasteiger partial charge in [0.2, 0.25) is 11.8 Å². The Bertz CT molecular complexity index is 300. The lowest BCUT2D eigenvalue weighted by atomic mass is 10.1. The summed E-state index contributed by atoms with van der Waals surface area (Å²) in [5, 5.41) is 2.80. The van der Waals surface area contributed by atoms with Gasteiger partial charge in [-0.1, -0.05) is 0 Å². The Balaban J connectivity index is 4.15. The smallest absolute Gasteiger partial charge is 0.240 e. The number of likely N-dealkylation sites (N-methyl/N-ethyl adjacent to an activating group) is 1. The van der Waals surface area contributed by atoms with Crippen molar-refractivity contribution in [2.75, 3.05) is 27.3 Å². The second kappa shape index (κ2) is 8.12. The summed E-state index contributed by atoms with van der Waals surface area (Å²) in [5.41, 5.74) is 5.48. The van der Waals surface area contributed by atoms with Crippen molar-refractivity contribution in [1.82, 2.24) is 10.2 Å². The van der Waals surface area contributed by atoms with E-state index in [0.29, 0.717) is 13.0 Å². The molecule has 0 fully saturated rings. The van der Waals surface area contributed by atoms with Crippen LogP contribution in [0.15, 0.2) is 0 Å². The van der Waals surface area contributed by atoms with Crippen LogP contribution < -0.4 is 11.1 Å². The van der Waals surface area contributed by atoms with Crippen LogP contribution in [0, 0.1) is 0 Å². The summed E-state index contributed by atoms with van der Waals surface area (Å²) in [5.74, 6) is -0.410. The number of ether oxygens (including phenoxy) is 1. The number of hydrogen-bond donors (Lipinski definition) is 2. The molecule has 112 valence electrons. The third kappa shape index (κ3) is 8.56. The van der Waals surface area contributed by atoms with Crippen LogP contribution in [0.3, 0.4) is 0 Å². The maximum Gasteiger partial charge on any atom is 0.240 e. The van der Waals surface area contributed by atoms with Gasteiger partial charge in [-0.15, -0.1) is 0 Å². The highest BCUT2D eigenvalue weighted by atomic mass is 16.5. The monoisotopic (exact) mass is 273 g/mol. The minimum absolute atomic E-state index is 0.0219. The summed E-state index contributed by atoms with van der Waals surface area (Å²) in [6.45, 7) is 6.28. The first kappa shape index (κ1) is 17.9. The molecular formula is C13H27N3O3. The van der Waals surface area contributed by atoms with Gasteiger partial charge >= 0.3 is 0 Å². The van der Waals surface area contributed by atoms with E-state index in [1.54, 1.807) is 14.2 Å². The van der Waals surface area contributed by atoms with E-state index in [1.807, 2.05) is 20.8 Å². The third-order valence-corrected chi connectivity index (χ3v) is 2.45. The van der Waals surface area contributed by atoms with Crippen molar-refractivity contribution in [2.24, 2.45) is 5.73 Å². The number of nitrogens with one attached hydrogen (secondary N) is 1. The Morgan fingerprint density at radius 1 is 1.37 bits per heavy atom. The molecule has 0 aliphatic heterocycles. The van der Waals surface area contributed by atoms with Gasteiger partial charge in [0.15, 0.2) is 0 Å². The lowest BCUT2D eigenvalue weighted by Gasteiger charge is -2.24. The maximum absolute atomic E-state index is 11.9. The molecule has 0 saturated heterocycles. The highest BCUT2D eigenvalue weighted by Crippen LogP contribution is 2.01. The molecule has 19 heavy (non-hydrogen) atoms. The normalized spacial score (nSPS) is 12.9. The number of hydrogen-bond acceptors (Lipinski definition) is 4. The Labute approximate surface area is 115 Å². The summed E-state index contributed by atoms with van der Waals surface area (Å²) in [6, 6.07) is -0.581. The Morgan fingerprint density at radius 2 is 1.95 bits per heavy atom. The lowest BCUT2D eigenvalue weighted by molar-refractivity contribution is -0.136. The molecule has 2 amide bonds. The van der Waals surface area contributed by atoms with E-state index in [0.717, 1.165) is 6.42 Å². The minimum Gasteiger partial charge on any atom is -0.385 e. The molecule has 3 N–H and O–H groups in total. The quantitative estimate of drug-likeness (QED) is 0.645. The van der Waals surface area contributed by atoms with Crippen LogP contribution >= 0.6 is 0 Å². The average Bonchev–Trinajstić information content (AvgIpc) is 2.25. The molecule has 1 unspecified atom stereocenters. The summed E-state index contributed by atoms with van der Waals surface area (Å²) in [7, 11) is 3.19. The summed E-state index contributed by atoms with van der Waals surface area (Å²) < 4.78 is 4.91. The Morgan fingerprint density at radius 3 is 2.42 bits per heavy atom. The highest BCUT2D eigenvalue weighted by molar-refractivity contribution is 5.87. The molecule has 1 atom stereocenters. The van der Waals surface area contributed by atoms with Crippen LogP contribution in [0.5, 0.6) is 0 Å². The molecule has 6 nitrogen and oxygen atoms in total. The number of nitrogens with zero attached hydrogens (tertiary/aromatic N) is 1. The fourth-order valence-electron chi connectivity index (χ4n) is 1.61. The highest BCUT2D eigenvalue weighted by Gasteiger charge is 2.21. The van der Waals surface area contributed by atoms with Gasteiger partial charge in [-0.25, -0.2) is 0 Å². The number of methoxy groups -OCH3 is 1. The zero-order valence-corrected chi connectivity index (χ0v) is 12.7. The fraction of sp³-hybridized carbons (Fsp3) is 0.846. The van der Waals surface area contributed by atoms with Crippen molar-refractivity contribution >= 4 is 11.8 Å². The molecule has 0 bridgehead atoms. The molecule has 0 aliphatic rings. The minimum atomic E-state index is -0.581. The van der Waals surface area contributed by atoms with Crippen LogP contribution in [0.1, 0.15) is 33.6 Å². The van der Waals surface area contributed by atoms with Crippen LogP contribution in [-0.2, 0) is 14.3 Å². The first-order chi connectivity index (χ1) is 8.67. The van der Waals surface area contributed by atoms with Crippen molar-refractivity contribution < 1.29 is 14.3 Å². The zero-order chi connectivity index (χ0) is 15.1. The van der Waals surface area contributed by atoms with Crippen LogP contribution in [0.2, 0.25) is 0 Å². The van der Waals surface area contributed by atoms with Crippen molar-refractivity contribution in [3.05, 3.63) is 0 Å². The molecule has 6 heteroatoms. The molecule has 0 aliphatic carbocycles. The number of carbonyl (C=O) groups excluding carboxylic acids is 2. The van der Waals surface area contributed by atoms with Gasteiger partial charge in [0.05, 0.1) is 12.6 Å². The van der Waals surface area contributed by atoms with Gasteiger partial charge in [-0.2, -0.15) is 0 Å². The molecular weight excluding hydrogens is 246 g/mol. The van der Waals surface area contributed by atoms with Gasteiger partial charge in [-0.05, 0) is 33.6 Å². The molecule has 0 radical (unpaired) electrons. The molecule has 0 rings (SSSR count). The predicted octanol–water partition coefficient (Wildman–Crippen LogP) is 0.113. The van der Waals surface area contributed by atoms with E-state index in [2.05, 4.69) is 5.32 Å². The molecule has 0 aromatic heterocycles. The van der Waals surface area contributed by atoms with Gasteiger partial charge in [0, 0.05) is 26.3 Å². The molecule has 0 aromatic carbocycles. The van der Waals surface area contributed by atoms with E-state index < -0.39 is 6.04 Å². The van der Waals surface area contributed by atoms with E-state index >= 15 is 0 Å². The van der Waals surface area contributed by atoms with Gasteiger partial charge in [0.25, 0.3) is 0 Å². The summed E-state index contributed by atoms with van der Waals surface area (Å²) >= 11 is 0. The number of rotatable bonds is 7. The van der Waals surface area contributed by atoms with Crippen molar-refractivity contribution in [3.8, 4) is 0 Å². The Kier molecular flexibility index (Phi) is 7.63. The van der Waals surface area contributed by atoms with Crippen molar-refractivity contribution in [2.45, 2.75) is 45.2 Å². The molecule has 0 heterocycles. The third-order valence-electron chi connectivity index (χ3n) is 2.45. The molecule has 0 aromatic rings. The molecule has 0 saturated carbocycles. The predicted molar refractivity (Wildman–Crippen MR) is 74.6 cm³/mol. The van der Waals surface area contributed by atoms with Crippen molar-refractivity contribution in [1.29, 1.82) is 0 Å².